The van der Waals surface area contributed by atoms with Crippen LogP contribution in [-0.2, 0) is 65.4 Å². The molecule has 0 radical (unpaired) electrons. The lowest BCUT2D eigenvalue weighted by Crippen LogP contribution is -2.30. The fraction of sp³-hybridized carbons (Fsp3) is 0.844. The number of aliphatic hydroxyl groups excluding tert-OH is 1. The molecule has 0 amide bonds. The van der Waals surface area contributed by atoms with E-state index < -0.39 is 97.5 Å². The molecule has 0 aliphatic rings. The van der Waals surface area contributed by atoms with Crippen molar-refractivity contribution in [3.63, 3.8) is 0 Å². The zero-order valence-corrected chi connectivity index (χ0v) is 63.1. The lowest BCUT2D eigenvalue weighted by Gasteiger charge is -2.21. The number of phosphoric acid groups is 2. The fourth-order valence-corrected chi connectivity index (χ4v) is 12.4. The molecule has 0 aromatic rings. The van der Waals surface area contributed by atoms with Gasteiger partial charge in [-0.15, -0.1) is 0 Å². The Morgan fingerprint density at radius 3 is 0.875 bits per heavy atom. The third-order valence-electron chi connectivity index (χ3n) is 16.8. The van der Waals surface area contributed by atoms with Crippen LogP contribution in [0.5, 0.6) is 0 Å². The van der Waals surface area contributed by atoms with Crippen LogP contribution in [-0.4, -0.2) is 96.7 Å². The molecule has 17 nitrogen and oxygen atoms in total. The normalized spacial score (nSPS) is 14.2. The number of unbranched alkanes of at least 4 members (excludes halogenated alkanes) is 40. The molecular formula is C77H142O17P2. The van der Waals surface area contributed by atoms with Gasteiger partial charge in [0.05, 0.1) is 26.4 Å². The van der Waals surface area contributed by atoms with Crippen LogP contribution in [0.25, 0.3) is 0 Å². The molecule has 0 bridgehead atoms. The second kappa shape index (κ2) is 70.5. The molecule has 0 saturated heterocycles. The topological polar surface area (TPSA) is 237 Å². The van der Waals surface area contributed by atoms with Gasteiger partial charge >= 0.3 is 39.5 Å². The molecular weight excluding hydrogens is 1260 g/mol. The summed E-state index contributed by atoms with van der Waals surface area (Å²) in [5.74, 6) is -2.16. The van der Waals surface area contributed by atoms with Crippen LogP contribution in [0.4, 0.5) is 0 Å². The molecule has 0 fully saturated rings. The second-order valence-corrected chi connectivity index (χ2v) is 29.2. The minimum Gasteiger partial charge on any atom is -0.462 e. The average molecular weight is 1400 g/mol. The number of esters is 4. The Morgan fingerprint density at radius 1 is 0.302 bits per heavy atom. The first-order valence-corrected chi connectivity index (χ1v) is 41.9. The number of allylic oxidation sites excluding steroid dienone is 8. The van der Waals surface area contributed by atoms with Crippen molar-refractivity contribution in [3.05, 3.63) is 48.6 Å². The van der Waals surface area contributed by atoms with Gasteiger partial charge in [0, 0.05) is 25.7 Å². The van der Waals surface area contributed by atoms with Crippen molar-refractivity contribution in [1.82, 2.24) is 0 Å². The van der Waals surface area contributed by atoms with E-state index in [4.69, 9.17) is 37.0 Å². The smallest absolute Gasteiger partial charge is 0.462 e. The fourth-order valence-electron chi connectivity index (χ4n) is 10.9. The predicted octanol–water partition coefficient (Wildman–Crippen LogP) is 22.1. The van der Waals surface area contributed by atoms with E-state index in [9.17, 15) is 43.2 Å². The van der Waals surface area contributed by atoms with Gasteiger partial charge in [-0.3, -0.25) is 37.3 Å². The summed E-state index contributed by atoms with van der Waals surface area (Å²) in [4.78, 5) is 72.8. The highest BCUT2D eigenvalue weighted by Crippen LogP contribution is 2.45. The number of rotatable bonds is 74. The van der Waals surface area contributed by atoms with Crippen molar-refractivity contribution in [2.75, 3.05) is 39.6 Å². The van der Waals surface area contributed by atoms with Crippen LogP contribution >= 0.6 is 15.6 Å². The Balaban J connectivity index is 5.29. The summed E-state index contributed by atoms with van der Waals surface area (Å²) in [6.45, 7) is 4.77. The Bertz CT molecular complexity index is 2010. The molecule has 0 aromatic heterocycles. The van der Waals surface area contributed by atoms with E-state index in [0.717, 1.165) is 135 Å². The van der Waals surface area contributed by atoms with Crippen molar-refractivity contribution in [1.29, 1.82) is 0 Å². The molecule has 562 valence electrons. The molecule has 0 heterocycles. The van der Waals surface area contributed by atoms with E-state index in [-0.39, 0.29) is 25.7 Å². The summed E-state index contributed by atoms with van der Waals surface area (Å²) in [6, 6.07) is 0. The highest BCUT2D eigenvalue weighted by Gasteiger charge is 2.30. The molecule has 5 atom stereocenters. The Labute approximate surface area is 585 Å². The first kappa shape index (κ1) is 93.0. The van der Waals surface area contributed by atoms with Gasteiger partial charge in [-0.1, -0.05) is 307 Å². The third kappa shape index (κ3) is 69.5. The summed E-state index contributed by atoms with van der Waals surface area (Å²) in [5, 5.41) is 10.6. The van der Waals surface area contributed by atoms with Crippen LogP contribution in [0.2, 0.25) is 0 Å². The van der Waals surface area contributed by atoms with Gasteiger partial charge in [0.1, 0.15) is 19.3 Å². The molecule has 0 aliphatic carbocycles. The van der Waals surface area contributed by atoms with E-state index >= 15 is 0 Å². The summed E-state index contributed by atoms with van der Waals surface area (Å²) in [7, 11) is -9.93. The Kier molecular flexibility index (Phi) is 68.3. The van der Waals surface area contributed by atoms with E-state index in [2.05, 4.69) is 76.3 Å². The van der Waals surface area contributed by atoms with E-state index in [0.29, 0.717) is 25.7 Å². The maximum atomic E-state index is 13.1. The van der Waals surface area contributed by atoms with Crippen LogP contribution < -0.4 is 0 Å². The number of carbonyl (C=O) groups excluding carboxylic acids is 4. The van der Waals surface area contributed by atoms with Crippen molar-refractivity contribution in [3.8, 4) is 0 Å². The minimum atomic E-state index is -4.97. The van der Waals surface area contributed by atoms with Gasteiger partial charge in [0.2, 0.25) is 0 Å². The first-order chi connectivity index (χ1) is 46.7. The molecule has 3 N–H and O–H groups in total. The van der Waals surface area contributed by atoms with Gasteiger partial charge in [-0.25, -0.2) is 9.13 Å². The molecule has 19 heteroatoms. The van der Waals surface area contributed by atoms with Gasteiger partial charge < -0.3 is 33.8 Å². The predicted molar refractivity (Wildman–Crippen MR) is 390 cm³/mol. The number of aliphatic hydroxyl groups is 1. The first-order valence-electron chi connectivity index (χ1n) is 38.9. The Hall–Kier alpha value is -2.98. The average Bonchev–Trinajstić information content (AvgIpc) is 1.11. The standard InChI is InChI=1S/C77H142O17P2/c1-5-9-13-17-21-25-29-32-35-38-42-45-49-53-57-61-74(79)87-67-72(93-76(81)63-59-55-51-47-41-28-24-20-16-12-8-4)69-91-95(83,84)89-65-71(78)66-90-96(85,86)92-70-73(94-77(82)64-60-56-52-48-44-40-37-34-31-27-23-19-15-11-7-3)68-88-75(80)62-58-54-50-46-43-39-36-33-30-26-22-18-14-10-6-2/h9,13,20-21,24-25,32,35,71-73,78H,5-8,10-12,14-19,22-23,26-31,33-34,36-70H2,1-4H3,(H,83,84)(H,85,86)/b13-9-,24-20-,25-21-,35-32-. The summed E-state index contributed by atoms with van der Waals surface area (Å²) >= 11 is 0. The van der Waals surface area contributed by atoms with Gasteiger partial charge in [0.25, 0.3) is 0 Å². The van der Waals surface area contributed by atoms with Gasteiger partial charge in [0.15, 0.2) is 12.2 Å². The number of phosphoric ester groups is 2. The second-order valence-electron chi connectivity index (χ2n) is 26.3. The van der Waals surface area contributed by atoms with E-state index in [1.165, 1.54) is 148 Å². The number of hydrogen-bond donors (Lipinski definition) is 3. The highest BCUT2D eigenvalue weighted by atomic mass is 31.2. The Morgan fingerprint density at radius 2 is 0.552 bits per heavy atom. The number of carbonyl (C=O) groups is 4. The zero-order chi connectivity index (χ0) is 70.4. The van der Waals surface area contributed by atoms with E-state index in [1.54, 1.807) is 0 Å². The molecule has 0 rings (SSSR count). The molecule has 0 spiro atoms. The van der Waals surface area contributed by atoms with Crippen LogP contribution in [0, 0.1) is 0 Å². The van der Waals surface area contributed by atoms with Crippen LogP contribution in [0.1, 0.15) is 362 Å². The number of ether oxygens (including phenoxy) is 4. The SMILES string of the molecule is CC/C=C\C/C=C\C/C=C\CCCCCCCC(=O)OCC(COP(=O)(O)OCC(O)COP(=O)(O)OCC(COC(=O)CCCCCCCCCCCCCCCCC)OC(=O)CCCCCCCCCCCCCCCCC)OC(=O)CCCCCCC/C=C\CCCC. The molecule has 5 unspecified atom stereocenters. The monoisotopic (exact) mass is 1400 g/mol. The van der Waals surface area contributed by atoms with Gasteiger partial charge in [-0.05, 0) is 77.0 Å². The van der Waals surface area contributed by atoms with Crippen molar-refractivity contribution in [2.45, 2.75) is 380 Å². The molecule has 96 heavy (non-hydrogen) atoms. The van der Waals surface area contributed by atoms with Crippen molar-refractivity contribution < 1.29 is 80.2 Å². The zero-order valence-electron chi connectivity index (χ0n) is 61.3. The third-order valence-corrected chi connectivity index (χ3v) is 18.7. The van der Waals surface area contributed by atoms with E-state index in [1.807, 2.05) is 0 Å². The lowest BCUT2D eigenvalue weighted by molar-refractivity contribution is -0.161. The highest BCUT2D eigenvalue weighted by molar-refractivity contribution is 7.47. The summed E-state index contributed by atoms with van der Waals surface area (Å²) in [5.41, 5.74) is 0. The summed E-state index contributed by atoms with van der Waals surface area (Å²) < 4.78 is 68.5. The summed E-state index contributed by atoms with van der Waals surface area (Å²) in [6.07, 6.45) is 66.7. The van der Waals surface area contributed by atoms with Crippen molar-refractivity contribution >= 4 is 39.5 Å². The molecule has 0 aromatic carbocycles. The van der Waals surface area contributed by atoms with Crippen LogP contribution in [0.3, 0.4) is 0 Å². The molecule has 0 saturated carbocycles. The van der Waals surface area contributed by atoms with Crippen molar-refractivity contribution in [2.24, 2.45) is 0 Å². The van der Waals surface area contributed by atoms with Gasteiger partial charge in [-0.2, -0.15) is 0 Å². The largest absolute Gasteiger partial charge is 0.472 e. The molecule has 0 aliphatic heterocycles. The quantitative estimate of drug-likeness (QED) is 0.0169. The number of hydrogen-bond acceptors (Lipinski definition) is 15. The maximum Gasteiger partial charge on any atom is 0.472 e. The van der Waals surface area contributed by atoms with Crippen LogP contribution in [0.15, 0.2) is 48.6 Å². The lowest BCUT2D eigenvalue weighted by atomic mass is 10.0. The maximum absolute atomic E-state index is 13.1. The minimum absolute atomic E-state index is 0.0848.